The first-order valence-electron chi connectivity index (χ1n) is 9.78. The summed E-state index contributed by atoms with van der Waals surface area (Å²) in [6, 6.07) is 0. The Kier molecular flexibility index (Phi) is 4.44. The normalized spacial score (nSPS) is 25.9. The van der Waals surface area contributed by atoms with Crippen LogP contribution >= 0.6 is 0 Å². The van der Waals surface area contributed by atoms with Crippen molar-refractivity contribution in [3.63, 3.8) is 0 Å². The van der Waals surface area contributed by atoms with Crippen LogP contribution in [0.3, 0.4) is 0 Å². The standard InChI is InChI=1S/C19H26N4O4/c1-21-11-14(15(24)20-18(21)27)16(25)23-9-7-19(12-23)6-3-8-22(17(19)26)10-13-4-2-5-13/h11,13H,2-10,12H2,1H3,(H,20,24,27). The molecule has 2 aliphatic heterocycles. The highest BCUT2D eigenvalue weighted by molar-refractivity contribution is 5.95. The molecule has 0 bridgehead atoms. The fraction of sp³-hybridized carbons (Fsp3) is 0.684. The number of likely N-dealkylation sites (tertiary alicyclic amines) is 2. The lowest BCUT2D eigenvalue weighted by Gasteiger charge is -2.42. The average molecular weight is 374 g/mol. The zero-order valence-corrected chi connectivity index (χ0v) is 15.7. The molecule has 3 fully saturated rings. The van der Waals surface area contributed by atoms with Crippen LogP contribution in [0, 0.1) is 11.3 Å². The van der Waals surface area contributed by atoms with Crippen LogP contribution in [0.15, 0.2) is 15.8 Å². The van der Waals surface area contributed by atoms with Gasteiger partial charge in [-0.25, -0.2) is 4.79 Å². The van der Waals surface area contributed by atoms with Crippen LogP contribution < -0.4 is 11.2 Å². The lowest BCUT2D eigenvalue weighted by atomic mass is 9.77. The van der Waals surface area contributed by atoms with Crippen molar-refractivity contribution in [1.29, 1.82) is 0 Å². The molecule has 146 valence electrons. The Morgan fingerprint density at radius 3 is 2.67 bits per heavy atom. The first kappa shape index (κ1) is 18.0. The fourth-order valence-corrected chi connectivity index (χ4v) is 4.62. The van der Waals surface area contributed by atoms with E-state index in [9.17, 15) is 19.2 Å². The molecule has 0 aromatic carbocycles. The minimum atomic E-state index is -0.675. The third-order valence-corrected chi connectivity index (χ3v) is 6.51. The van der Waals surface area contributed by atoms with Crippen molar-refractivity contribution in [1.82, 2.24) is 19.4 Å². The Hall–Kier alpha value is -2.38. The Morgan fingerprint density at radius 1 is 1.19 bits per heavy atom. The van der Waals surface area contributed by atoms with Crippen LogP contribution in [0.25, 0.3) is 0 Å². The summed E-state index contributed by atoms with van der Waals surface area (Å²) in [4.78, 5) is 55.3. The number of piperidine rings is 1. The number of hydrogen-bond acceptors (Lipinski definition) is 4. The summed E-state index contributed by atoms with van der Waals surface area (Å²) in [5.74, 6) is 0.394. The lowest BCUT2D eigenvalue weighted by Crippen LogP contribution is -2.52. The molecule has 1 aliphatic carbocycles. The van der Waals surface area contributed by atoms with Crippen molar-refractivity contribution in [2.75, 3.05) is 26.2 Å². The maximum Gasteiger partial charge on any atom is 0.328 e. The van der Waals surface area contributed by atoms with Gasteiger partial charge in [0.1, 0.15) is 5.56 Å². The topological polar surface area (TPSA) is 95.5 Å². The lowest BCUT2D eigenvalue weighted by molar-refractivity contribution is -0.146. The second-order valence-electron chi connectivity index (χ2n) is 8.32. The zero-order chi connectivity index (χ0) is 19.2. The Bertz CT molecular complexity index is 884. The summed E-state index contributed by atoms with van der Waals surface area (Å²) < 4.78 is 1.19. The molecule has 1 aromatic heterocycles. The predicted molar refractivity (Wildman–Crippen MR) is 98.4 cm³/mol. The first-order chi connectivity index (χ1) is 12.9. The van der Waals surface area contributed by atoms with Crippen LogP contribution in [0.5, 0.6) is 0 Å². The second kappa shape index (κ2) is 6.65. The summed E-state index contributed by atoms with van der Waals surface area (Å²) in [5.41, 5.74) is -1.79. The maximum atomic E-state index is 13.2. The van der Waals surface area contributed by atoms with Crippen molar-refractivity contribution < 1.29 is 9.59 Å². The molecule has 1 atom stereocenters. The predicted octanol–water partition coefficient (Wildman–Crippen LogP) is 0.328. The molecule has 3 heterocycles. The van der Waals surface area contributed by atoms with Gasteiger partial charge in [0.2, 0.25) is 5.91 Å². The van der Waals surface area contributed by atoms with Gasteiger partial charge in [0.25, 0.3) is 11.5 Å². The number of aromatic nitrogens is 2. The molecule has 0 radical (unpaired) electrons. The maximum absolute atomic E-state index is 13.2. The van der Waals surface area contributed by atoms with E-state index in [-0.39, 0.29) is 11.5 Å². The smallest absolute Gasteiger partial charge is 0.328 e. The van der Waals surface area contributed by atoms with E-state index in [1.807, 2.05) is 4.90 Å². The number of hydrogen-bond donors (Lipinski definition) is 1. The van der Waals surface area contributed by atoms with Gasteiger partial charge in [-0.1, -0.05) is 6.42 Å². The van der Waals surface area contributed by atoms with Crippen LogP contribution in [0.2, 0.25) is 0 Å². The number of nitrogens with one attached hydrogen (secondary N) is 1. The Morgan fingerprint density at radius 2 is 1.96 bits per heavy atom. The van der Waals surface area contributed by atoms with Gasteiger partial charge in [0, 0.05) is 39.4 Å². The summed E-state index contributed by atoms with van der Waals surface area (Å²) in [7, 11) is 1.49. The van der Waals surface area contributed by atoms with E-state index in [0.29, 0.717) is 25.4 Å². The number of aromatic amines is 1. The van der Waals surface area contributed by atoms with Gasteiger partial charge in [0.05, 0.1) is 5.41 Å². The highest BCUT2D eigenvalue weighted by atomic mass is 16.2. The number of rotatable bonds is 3. The number of nitrogens with zero attached hydrogens (tertiary/aromatic N) is 3. The largest absolute Gasteiger partial charge is 0.342 e. The molecule has 1 unspecified atom stereocenters. The molecule has 2 saturated heterocycles. The van der Waals surface area contributed by atoms with E-state index in [4.69, 9.17) is 0 Å². The summed E-state index contributed by atoms with van der Waals surface area (Å²) in [6.45, 7) is 2.47. The molecule has 8 heteroatoms. The van der Waals surface area contributed by atoms with Gasteiger partial charge in [-0.15, -0.1) is 0 Å². The molecular weight excluding hydrogens is 348 g/mol. The molecule has 1 spiro atoms. The molecule has 8 nitrogen and oxygen atoms in total. The van der Waals surface area contributed by atoms with E-state index < -0.39 is 22.6 Å². The zero-order valence-electron chi connectivity index (χ0n) is 15.7. The van der Waals surface area contributed by atoms with Crippen LogP contribution in [0.1, 0.15) is 48.9 Å². The van der Waals surface area contributed by atoms with Crippen LogP contribution in [-0.2, 0) is 11.8 Å². The van der Waals surface area contributed by atoms with Crippen molar-refractivity contribution in [2.45, 2.75) is 38.5 Å². The van der Waals surface area contributed by atoms with Gasteiger partial charge in [-0.2, -0.15) is 0 Å². The minimum absolute atomic E-state index is 0.0521. The second-order valence-corrected chi connectivity index (χ2v) is 8.32. The molecule has 1 N–H and O–H groups in total. The monoisotopic (exact) mass is 374 g/mol. The molecule has 27 heavy (non-hydrogen) atoms. The van der Waals surface area contributed by atoms with Gasteiger partial charge in [0.15, 0.2) is 0 Å². The number of carbonyl (C=O) groups excluding carboxylic acids is 2. The summed E-state index contributed by atoms with van der Waals surface area (Å²) in [6.07, 6.45) is 7.34. The SMILES string of the molecule is Cn1cc(C(=O)N2CCC3(CCCN(CC4CCC4)C3=O)C2)c(=O)[nH]c1=O. The summed E-state index contributed by atoms with van der Waals surface area (Å²) >= 11 is 0. The number of aryl methyl sites for hydroxylation is 1. The van der Waals surface area contributed by atoms with Crippen molar-refractivity contribution >= 4 is 11.8 Å². The first-order valence-corrected chi connectivity index (χ1v) is 9.78. The van der Waals surface area contributed by atoms with Gasteiger partial charge < -0.3 is 14.4 Å². The average Bonchev–Trinajstić information content (AvgIpc) is 3.02. The van der Waals surface area contributed by atoms with Crippen LogP contribution in [-0.4, -0.2) is 57.3 Å². The molecule has 1 aromatic rings. The quantitative estimate of drug-likeness (QED) is 0.825. The molecule has 2 amide bonds. The number of H-pyrrole nitrogens is 1. The third-order valence-electron chi connectivity index (χ3n) is 6.51. The number of carbonyl (C=O) groups is 2. The summed E-state index contributed by atoms with van der Waals surface area (Å²) in [5, 5.41) is 0. The van der Waals surface area contributed by atoms with E-state index >= 15 is 0 Å². The van der Waals surface area contributed by atoms with E-state index in [1.54, 1.807) is 4.90 Å². The van der Waals surface area contributed by atoms with Gasteiger partial charge >= 0.3 is 5.69 Å². The molecule has 3 aliphatic rings. The van der Waals surface area contributed by atoms with E-state index in [2.05, 4.69) is 4.98 Å². The fourth-order valence-electron chi connectivity index (χ4n) is 4.62. The van der Waals surface area contributed by atoms with Crippen LogP contribution in [0.4, 0.5) is 0 Å². The van der Waals surface area contributed by atoms with E-state index in [1.165, 1.54) is 37.1 Å². The Balaban J connectivity index is 1.51. The highest BCUT2D eigenvalue weighted by Gasteiger charge is 2.50. The van der Waals surface area contributed by atoms with E-state index in [0.717, 1.165) is 25.9 Å². The number of amides is 2. The highest BCUT2D eigenvalue weighted by Crippen LogP contribution is 2.41. The molecular formula is C19H26N4O4. The van der Waals surface area contributed by atoms with Crippen molar-refractivity contribution in [2.24, 2.45) is 18.4 Å². The van der Waals surface area contributed by atoms with Gasteiger partial charge in [-0.05, 0) is 38.0 Å². The van der Waals surface area contributed by atoms with Crippen molar-refractivity contribution in [3.05, 3.63) is 32.6 Å². The molecule has 1 saturated carbocycles. The van der Waals surface area contributed by atoms with Crippen molar-refractivity contribution in [3.8, 4) is 0 Å². The third kappa shape index (κ3) is 3.11. The minimum Gasteiger partial charge on any atom is -0.342 e. The molecule has 4 rings (SSSR count). The Labute approximate surface area is 157 Å². The van der Waals surface area contributed by atoms with Gasteiger partial charge in [-0.3, -0.25) is 19.4 Å².